The van der Waals surface area contributed by atoms with Gasteiger partial charge in [-0.3, -0.25) is 9.59 Å². The lowest BCUT2D eigenvalue weighted by atomic mass is 10.0. The molecule has 0 saturated heterocycles. The summed E-state index contributed by atoms with van der Waals surface area (Å²) in [5.41, 5.74) is 0.826. The van der Waals surface area contributed by atoms with Crippen molar-refractivity contribution in [3.8, 4) is 0 Å². The van der Waals surface area contributed by atoms with Gasteiger partial charge in [0.25, 0.3) is 15.9 Å². The average molecular weight is 462 g/mol. The molecule has 9 nitrogen and oxygen atoms in total. The quantitative estimate of drug-likeness (QED) is 0.518. The van der Waals surface area contributed by atoms with Crippen LogP contribution in [0, 0.1) is 5.92 Å². The number of carbonyl (C=O) groups is 3. The van der Waals surface area contributed by atoms with E-state index in [0.717, 1.165) is 24.6 Å². The number of hydrogen-bond acceptors (Lipinski definition) is 7. The minimum absolute atomic E-state index is 0.00130. The summed E-state index contributed by atoms with van der Waals surface area (Å²) in [6.45, 7) is 4.39. The van der Waals surface area contributed by atoms with E-state index in [0.29, 0.717) is 13.0 Å². The largest absolute Gasteiger partial charge is 0.464 e. The molecule has 0 atom stereocenters. The number of pyridine rings is 1. The van der Waals surface area contributed by atoms with Gasteiger partial charge in [0.15, 0.2) is 0 Å². The number of rotatable bonds is 10. The first-order valence-corrected chi connectivity index (χ1v) is 11.7. The highest BCUT2D eigenvalue weighted by Crippen LogP contribution is 2.13. The van der Waals surface area contributed by atoms with Crippen molar-refractivity contribution in [2.45, 2.75) is 38.0 Å². The number of hydrogen-bond donors (Lipinski definition) is 2. The number of nitrogens with one attached hydrogen (secondary N) is 2. The van der Waals surface area contributed by atoms with Crippen molar-refractivity contribution in [1.82, 2.24) is 15.0 Å². The first-order chi connectivity index (χ1) is 15.2. The molecule has 1 aromatic heterocycles. The first-order valence-electron chi connectivity index (χ1n) is 10.2. The second kappa shape index (κ2) is 11.4. The molecule has 0 aliphatic heterocycles. The van der Waals surface area contributed by atoms with Gasteiger partial charge in [0.1, 0.15) is 5.69 Å². The molecule has 0 aliphatic carbocycles. The van der Waals surface area contributed by atoms with Crippen LogP contribution in [0.1, 0.15) is 53.1 Å². The molecular weight excluding hydrogens is 434 g/mol. The number of benzene rings is 1. The second-order valence-corrected chi connectivity index (χ2v) is 8.74. The maximum atomic E-state index is 12.5. The van der Waals surface area contributed by atoms with Crippen LogP contribution in [-0.2, 0) is 26.0 Å². The van der Waals surface area contributed by atoms with Gasteiger partial charge in [-0.1, -0.05) is 26.0 Å². The Labute approximate surface area is 187 Å². The van der Waals surface area contributed by atoms with E-state index in [-0.39, 0.29) is 28.0 Å². The van der Waals surface area contributed by atoms with Crippen LogP contribution in [0.3, 0.4) is 0 Å². The van der Waals surface area contributed by atoms with E-state index < -0.39 is 21.9 Å². The van der Waals surface area contributed by atoms with Gasteiger partial charge in [0.05, 0.1) is 17.6 Å². The highest BCUT2D eigenvalue weighted by Gasteiger charge is 2.20. The summed E-state index contributed by atoms with van der Waals surface area (Å²) in [6.07, 6.45) is 3.21. The number of ether oxygens (including phenoxy) is 1. The van der Waals surface area contributed by atoms with Crippen LogP contribution in [0.15, 0.2) is 47.5 Å². The number of aromatic nitrogens is 1. The Morgan fingerprint density at radius 1 is 1.03 bits per heavy atom. The normalized spacial score (nSPS) is 11.1. The predicted molar refractivity (Wildman–Crippen MR) is 117 cm³/mol. The third kappa shape index (κ3) is 6.61. The molecule has 2 rings (SSSR count). The van der Waals surface area contributed by atoms with Crippen molar-refractivity contribution in [1.29, 1.82) is 0 Å². The molecule has 172 valence electrons. The zero-order valence-corrected chi connectivity index (χ0v) is 19.1. The predicted octanol–water partition coefficient (Wildman–Crippen LogP) is 2.08. The lowest BCUT2D eigenvalue weighted by molar-refractivity contribution is -0.125. The van der Waals surface area contributed by atoms with Crippen molar-refractivity contribution in [3.63, 3.8) is 0 Å². The molecule has 1 heterocycles. The first kappa shape index (κ1) is 25.0. The van der Waals surface area contributed by atoms with Gasteiger partial charge in [-0.05, 0) is 49.1 Å². The number of methoxy groups -OCH3 is 1. The smallest absolute Gasteiger partial charge is 0.356 e. The average Bonchev–Trinajstić information content (AvgIpc) is 2.79. The van der Waals surface area contributed by atoms with Gasteiger partial charge in [-0.2, -0.15) is 0 Å². The molecular formula is C22H27N3O6S. The molecule has 2 amide bonds. The van der Waals surface area contributed by atoms with E-state index in [1.807, 2.05) is 18.6 Å². The molecule has 0 aliphatic rings. The van der Waals surface area contributed by atoms with Crippen LogP contribution in [-0.4, -0.2) is 44.8 Å². The second-order valence-electron chi connectivity index (χ2n) is 7.06. The van der Waals surface area contributed by atoms with Crippen molar-refractivity contribution in [2.24, 2.45) is 5.92 Å². The molecule has 32 heavy (non-hydrogen) atoms. The summed E-state index contributed by atoms with van der Waals surface area (Å²) in [6, 6.07) is 8.61. The molecule has 0 radical (unpaired) electrons. The monoisotopic (exact) mass is 461 g/mol. The molecule has 2 aromatic rings. The lowest BCUT2D eigenvalue weighted by Crippen LogP contribution is -2.31. The third-order valence-corrected chi connectivity index (χ3v) is 6.30. The van der Waals surface area contributed by atoms with E-state index in [9.17, 15) is 22.8 Å². The van der Waals surface area contributed by atoms with Crippen molar-refractivity contribution >= 4 is 27.8 Å². The SMILES string of the molecule is CCC(CC)C(=O)NCCc1ccc(S(=O)(=O)NC(=O)c2ccc(C(=O)OC)nc2)cc1. The lowest BCUT2D eigenvalue weighted by Gasteiger charge is -2.12. The fourth-order valence-electron chi connectivity index (χ4n) is 2.96. The summed E-state index contributed by atoms with van der Waals surface area (Å²) in [5.74, 6) is -1.52. The van der Waals surface area contributed by atoms with Gasteiger partial charge >= 0.3 is 5.97 Å². The molecule has 10 heteroatoms. The van der Waals surface area contributed by atoms with Crippen LogP contribution < -0.4 is 10.0 Å². The highest BCUT2D eigenvalue weighted by atomic mass is 32.2. The van der Waals surface area contributed by atoms with Crippen LogP contribution in [0.25, 0.3) is 0 Å². The molecule has 2 N–H and O–H groups in total. The summed E-state index contributed by atoms with van der Waals surface area (Å²) in [4.78, 5) is 39.4. The summed E-state index contributed by atoms with van der Waals surface area (Å²) < 4.78 is 31.5. The number of amides is 2. The van der Waals surface area contributed by atoms with Crippen molar-refractivity contribution < 1.29 is 27.5 Å². The summed E-state index contributed by atoms with van der Waals surface area (Å²) in [5, 5.41) is 2.89. The van der Waals surface area contributed by atoms with E-state index in [1.54, 1.807) is 12.1 Å². The number of esters is 1. The van der Waals surface area contributed by atoms with E-state index in [4.69, 9.17) is 0 Å². The Kier molecular flexibility index (Phi) is 8.89. The Balaban J connectivity index is 1.97. The molecule has 0 fully saturated rings. The minimum Gasteiger partial charge on any atom is -0.464 e. The summed E-state index contributed by atoms with van der Waals surface area (Å²) >= 11 is 0. The molecule has 0 unspecified atom stereocenters. The van der Waals surface area contributed by atoms with Gasteiger partial charge < -0.3 is 10.1 Å². The molecule has 1 aromatic carbocycles. The van der Waals surface area contributed by atoms with Crippen LogP contribution in [0.2, 0.25) is 0 Å². The van der Waals surface area contributed by atoms with Gasteiger partial charge in [0.2, 0.25) is 5.91 Å². The number of nitrogens with zero attached hydrogens (tertiary/aromatic N) is 1. The molecule has 0 saturated carbocycles. The fraction of sp³-hybridized carbons (Fsp3) is 0.364. The van der Waals surface area contributed by atoms with E-state index in [1.165, 1.54) is 31.4 Å². The zero-order valence-electron chi connectivity index (χ0n) is 18.3. The van der Waals surface area contributed by atoms with E-state index >= 15 is 0 Å². The van der Waals surface area contributed by atoms with Gasteiger partial charge in [-0.15, -0.1) is 0 Å². The van der Waals surface area contributed by atoms with E-state index in [2.05, 4.69) is 15.0 Å². The zero-order chi connectivity index (χ0) is 23.7. The van der Waals surface area contributed by atoms with Crippen molar-refractivity contribution in [3.05, 3.63) is 59.4 Å². The Bertz CT molecular complexity index is 1050. The standard InChI is InChI=1S/C22H27N3O6S/c1-4-16(5-2)20(26)23-13-12-15-6-9-18(10-7-15)32(29,30)25-21(27)17-8-11-19(24-14-17)22(28)31-3/h6-11,14,16H,4-5,12-13H2,1-3H3,(H,23,26)(H,25,27). The number of carbonyl (C=O) groups excluding carboxylic acids is 3. The molecule has 0 spiro atoms. The topological polar surface area (TPSA) is 132 Å². The van der Waals surface area contributed by atoms with Crippen LogP contribution in [0.5, 0.6) is 0 Å². The van der Waals surface area contributed by atoms with Crippen LogP contribution in [0.4, 0.5) is 0 Å². The minimum atomic E-state index is -4.10. The fourth-order valence-corrected chi connectivity index (χ4v) is 3.94. The number of sulfonamides is 1. The van der Waals surface area contributed by atoms with Crippen LogP contribution >= 0.6 is 0 Å². The highest BCUT2D eigenvalue weighted by molar-refractivity contribution is 7.90. The Morgan fingerprint density at radius 2 is 1.69 bits per heavy atom. The van der Waals surface area contributed by atoms with Gasteiger partial charge in [-0.25, -0.2) is 22.9 Å². The van der Waals surface area contributed by atoms with Crippen molar-refractivity contribution in [2.75, 3.05) is 13.7 Å². The van der Waals surface area contributed by atoms with Gasteiger partial charge in [0, 0.05) is 18.7 Å². The maximum absolute atomic E-state index is 12.5. The Hall–Kier alpha value is -3.27. The third-order valence-electron chi connectivity index (χ3n) is 4.95. The maximum Gasteiger partial charge on any atom is 0.356 e. The Morgan fingerprint density at radius 3 is 2.22 bits per heavy atom. The molecule has 0 bridgehead atoms. The summed E-state index contributed by atoms with van der Waals surface area (Å²) in [7, 11) is -2.90.